The topological polar surface area (TPSA) is 193 Å². The zero-order valence-corrected chi connectivity index (χ0v) is 27.0. The number of H-pyrrole nitrogens is 1. The molecule has 0 amide bonds. The molecule has 0 saturated carbocycles. The third-order valence-corrected chi connectivity index (χ3v) is 8.18. The van der Waals surface area contributed by atoms with Crippen molar-refractivity contribution in [3.05, 3.63) is 71.3 Å². The number of imidazole rings is 1. The van der Waals surface area contributed by atoms with Crippen molar-refractivity contribution >= 4 is 12.1 Å². The summed E-state index contributed by atoms with van der Waals surface area (Å²) in [6.07, 6.45) is -3.93. The fraction of sp³-hybridized carbons (Fsp3) is 0.455. The van der Waals surface area contributed by atoms with E-state index >= 15 is 0 Å². The number of rotatable bonds is 11. The summed E-state index contributed by atoms with van der Waals surface area (Å²) in [5.41, 5.74) is 2.25. The number of carbonyl (C=O) groups excluding carboxylic acids is 2. The molecule has 2 aliphatic heterocycles. The number of hydrogen-bond donors (Lipinski definition) is 3. The van der Waals surface area contributed by atoms with Crippen LogP contribution in [0.1, 0.15) is 61.7 Å². The molecule has 0 radical (unpaired) electrons. The van der Waals surface area contributed by atoms with E-state index in [2.05, 4.69) is 25.6 Å². The predicted molar refractivity (Wildman–Crippen MR) is 167 cm³/mol. The van der Waals surface area contributed by atoms with E-state index in [4.69, 9.17) is 23.7 Å². The lowest BCUT2D eigenvalue weighted by Crippen LogP contribution is -2.35. The Hall–Kier alpha value is -4.70. The Morgan fingerprint density at radius 2 is 1.79 bits per heavy atom. The third kappa shape index (κ3) is 6.94. The van der Waals surface area contributed by atoms with Crippen LogP contribution in [0.25, 0.3) is 22.5 Å². The van der Waals surface area contributed by atoms with Crippen molar-refractivity contribution in [3.63, 3.8) is 0 Å². The van der Waals surface area contributed by atoms with Gasteiger partial charge in [0.1, 0.15) is 35.4 Å². The molecule has 2 aliphatic rings. The van der Waals surface area contributed by atoms with Crippen molar-refractivity contribution in [1.29, 1.82) is 0 Å². The van der Waals surface area contributed by atoms with E-state index in [0.29, 0.717) is 18.1 Å². The molecular formula is C33H38N6O9. The molecule has 15 heteroatoms. The lowest BCUT2D eigenvalue weighted by atomic mass is 9.98. The highest BCUT2D eigenvalue weighted by Gasteiger charge is 2.49. The third-order valence-electron chi connectivity index (χ3n) is 8.18. The number of ether oxygens (including phenoxy) is 5. The van der Waals surface area contributed by atoms with Gasteiger partial charge >= 0.3 is 12.1 Å². The number of nitrogens with one attached hydrogen (secondary N) is 1. The van der Waals surface area contributed by atoms with Crippen LogP contribution in [-0.2, 0) is 42.3 Å². The van der Waals surface area contributed by atoms with E-state index in [1.165, 1.54) is 6.92 Å². The summed E-state index contributed by atoms with van der Waals surface area (Å²) in [5, 5.41) is 35.4. The van der Waals surface area contributed by atoms with Gasteiger partial charge in [-0.15, -0.1) is 10.2 Å². The number of fused-ring (bicyclic) bond motifs is 1. The lowest BCUT2D eigenvalue weighted by molar-refractivity contribution is -0.0993. The van der Waals surface area contributed by atoms with Gasteiger partial charge < -0.3 is 38.5 Å². The van der Waals surface area contributed by atoms with E-state index in [-0.39, 0.29) is 31.1 Å². The molecule has 254 valence electrons. The number of hydrogen-bond acceptors (Lipinski definition) is 13. The normalized spacial score (nSPS) is 21.1. The molecule has 5 atom stereocenters. The monoisotopic (exact) mass is 662 g/mol. The zero-order chi connectivity index (χ0) is 34.0. The van der Waals surface area contributed by atoms with Gasteiger partial charge in [-0.05, 0) is 42.2 Å². The first-order chi connectivity index (χ1) is 23.0. The first-order valence-electron chi connectivity index (χ1n) is 15.8. The first kappa shape index (κ1) is 33.2. The molecule has 2 fully saturated rings. The SMILES string of the molecule is CCCc1nc(C(C)(C)O)c(C(=O)OC(C)OC(=O)O[C@@H]2CO[C@@H]3[C@H]2OC[C@H]3O)n1Cc1ccc(-c2ccccc2-c2nn[nH]n2)cc1. The highest BCUT2D eigenvalue weighted by atomic mass is 16.8. The van der Waals surface area contributed by atoms with Crippen LogP contribution in [-0.4, -0.2) is 96.4 Å². The van der Waals surface area contributed by atoms with Crippen LogP contribution >= 0.6 is 0 Å². The van der Waals surface area contributed by atoms with Crippen LogP contribution in [0.5, 0.6) is 0 Å². The highest BCUT2D eigenvalue weighted by molar-refractivity contribution is 5.89. The van der Waals surface area contributed by atoms with Gasteiger partial charge in [0.2, 0.25) is 12.1 Å². The summed E-state index contributed by atoms with van der Waals surface area (Å²) in [6, 6.07) is 15.6. The van der Waals surface area contributed by atoms with Gasteiger partial charge in [-0.25, -0.2) is 14.6 Å². The average Bonchev–Trinajstić information content (AvgIpc) is 3.85. The van der Waals surface area contributed by atoms with Crippen LogP contribution in [0.3, 0.4) is 0 Å². The maximum atomic E-state index is 13.7. The van der Waals surface area contributed by atoms with E-state index < -0.39 is 48.4 Å². The van der Waals surface area contributed by atoms with Crippen LogP contribution < -0.4 is 0 Å². The zero-order valence-electron chi connectivity index (χ0n) is 27.0. The van der Waals surface area contributed by atoms with Gasteiger partial charge in [0, 0.05) is 25.5 Å². The molecule has 0 spiro atoms. The number of aromatic amines is 1. The molecule has 2 aromatic heterocycles. The minimum Gasteiger partial charge on any atom is -0.426 e. The second-order valence-corrected chi connectivity index (χ2v) is 12.3. The minimum atomic E-state index is -1.49. The number of carbonyl (C=O) groups is 2. The molecule has 4 heterocycles. The smallest absolute Gasteiger partial charge is 0.426 e. The highest BCUT2D eigenvalue weighted by Crippen LogP contribution is 2.32. The molecule has 15 nitrogen and oxygen atoms in total. The average molecular weight is 663 g/mol. The number of tetrazole rings is 1. The Morgan fingerprint density at radius 1 is 1.06 bits per heavy atom. The van der Waals surface area contributed by atoms with Crippen LogP contribution in [0.4, 0.5) is 4.79 Å². The molecule has 2 saturated heterocycles. The molecule has 6 rings (SSSR count). The number of aliphatic hydroxyl groups excluding tert-OH is 1. The van der Waals surface area contributed by atoms with Crippen molar-refractivity contribution in [2.45, 2.75) is 83.4 Å². The summed E-state index contributed by atoms with van der Waals surface area (Å²) >= 11 is 0. The fourth-order valence-corrected chi connectivity index (χ4v) is 5.96. The van der Waals surface area contributed by atoms with Gasteiger partial charge in [0.25, 0.3) is 0 Å². The second-order valence-electron chi connectivity index (χ2n) is 12.3. The van der Waals surface area contributed by atoms with E-state index in [9.17, 15) is 19.8 Å². The summed E-state index contributed by atoms with van der Waals surface area (Å²) < 4.78 is 28.8. The van der Waals surface area contributed by atoms with Gasteiger partial charge in [0.15, 0.2) is 11.8 Å². The summed E-state index contributed by atoms with van der Waals surface area (Å²) in [6.45, 7) is 6.82. The largest absolute Gasteiger partial charge is 0.511 e. The van der Waals surface area contributed by atoms with Crippen LogP contribution in [0.15, 0.2) is 48.5 Å². The molecule has 0 aliphatic carbocycles. The summed E-state index contributed by atoms with van der Waals surface area (Å²) in [4.78, 5) is 31.0. The fourth-order valence-electron chi connectivity index (χ4n) is 5.96. The standard InChI is InChI=1S/C33H38N6O9/c1-5-8-25-34-29(33(3,4)43)26(31(41)46-18(2)47-32(42)48-24-17-45-27-23(40)16-44-28(24)27)39(25)15-19-11-13-20(14-12-19)21-9-6-7-10-22(21)30-35-37-38-36-30/h6-7,9-14,18,23-24,27-28,40,43H,5,8,15-17H2,1-4H3,(H,35,36,37,38)/t18?,23-,24-,27+,28+/m1/s1. The van der Waals surface area contributed by atoms with Crippen molar-refractivity contribution in [1.82, 2.24) is 30.2 Å². The minimum absolute atomic E-state index is 0.0380. The Bertz CT molecular complexity index is 1740. The van der Waals surface area contributed by atoms with Gasteiger partial charge in [-0.2, -0.15) is 5.21 Å². The lowest BCUT2D eigenvalue weighted by Gasteiger charge is -2.21. The molecule has 3 N–H and O–H groups in total. The number of esters is 1. The number of aliphatic hydroxyl groups is 2. The number of nitrogens with zero attached hydrogens (tertiary/aromatic N) is 5. The van der Waals surface area contributed by atoms with Crippen LogP contribution in [0.2, 0.25) is 0 Å². The van der Waals surface area contributed by atoms with E-state index in [1.54, 1.807) is 18.4 Å². The van der Waals surface area contributed by atoms with Crippen molar-refractivity contribution < 1.29 is 43.5 Å². The maximum Gasteiger partial charge on any atom is 0.511 e. The maximum absolute atomic E-state index is 13.7. The molecule has 2 aromatic carbocycles. The predicted octanol–water partition coefficient (Wildman–Crippen LogP) is 3.14. The number of benzene rings is 2. The Labute approximate surface area is 276 Å². The quantitative estimate of drug-likeness (QED) is 0.157. The molecule has 4 aromatic rings. The Kier molecular flexibility index (Phi) is 9.55. The van der Waals surface area contributed by atoms with Crippen molar-refractivity contribution in [3.8, 4) is 22.5 Å². The summed E-state index contributed by atoms with van der Waals surface area (Å²) in [5.74, 6) is 0.241. The Morgan fingerprint density at radius 3 is 2.48 bits per heavy atom. The van der Waals surface area contributed by atoms with Crippen molar-refractivity contribution in [2.24, 2.45) is 0 Å². The van der Waals surface area contributed by atoms with E-state index in [0.717, 1.165) is 28.7 Å². The summed E-state index contributed by atoms with van der Waals surface area (Å²) in [7, 11) is 0. The number of aryl methyl sites for hydroxylation is 1. The molecular weight excluding hydrogens is 624 g/mol. The van der Waals surface area contributed by atoms with Gasteiger partial charge in [-0.3, -0.25) is 0 Å². The van der Waals surface area contributed by atoms with Gasteiger partial charge in [0.05, 0.1) is 13.2 Å². The van der Waals surface area contributed by atoms with E-state index in [1.807, 2.05) is 55.5 Å². The second kappa shape index (κ2) is 13.8. The molecule has 1 unspecified atom stereocenters. The van der Waals surface area contributed by atoms with Crippen molar-refractivity contribution in [2.75, 3.05) is 13.2 Å². The molecule has 0 bridgehead atoms. The number of aromatic nitrogens is 6. The Balaban J connectivity index is 1.21. The van der Waals surface area contributed by atoms with Gasteiger partial charge in [-0.1, -0.05) is 55.5 Å². The first-order valence-corrected chi connectivity index (χ1v) is 15.8. The molecule has 48 heavy (non-hydrogen) atoms. The van der Waals surface area contributed by atoms with Crippen LogP contribution in [0, 0.1) is 0 Å².